The zero-order chi connectivity index (χ0) is 13.0. The maximum atomic E-state index is 12.4. The van der Waals surface area contributed by atoms with E-state index in [0.29, 0.717) is 13.1 Å². The summed E-state index contributed by atoms with van der Waals surface area (Å²) in [6.07, 6.45) is 2.24. The summed E-state index contributed by atoms with van der Waals surface area (Å²) in [6.45, 7) is 5.00. The first-order valence-corrected chi connectivity index (χ1v) is 6.61. The fraction of sp³-hybridized carbons (Fsp3) is 0.500. The second kappa shape index (κ2) is 5.87. The van der Waals surface area contributed by atoms with Gasteiger partial charge in [0.05, 0.1) is 0 Å². The minimum Gasteiger partial charge on any atom is -0.326 e. The van der Waals surface area contributed by atoms with E-state index in [-0.39, 0.29) is 6.03 Å². The van der Waals surface area contributed by atoms with Gasteiger partial charge >= 0.3 is 6.03 Å². The van der Waals surface area contributed by atoms with Gasteiger partial charge < -0.3 is 10.6 Å². The Balaban J connectivity index is 2.13. The van der Waals surface area contributed by atoms with E-state index in [2.05, 4.69) is 0 Å². The van der Waals surface area contributed by atoms with Crippen molar-refractivity contribution in [2.75, 3.05) is 24.5 Å². The Kier molecular flexibility index (Phi) is 4.20. The summed E-state index contributed by atoms with van der Waals surface area (Å²) in [5, 5.41) is 0. The number of hydrogen-bond acceptors (Lipinski definition) is 2. The lowest BCUT2D eigenvalue weighted by atomic mass is 10.2. The van der Waals surface area contributed by atoms with Crippen molar-refractivity contribution in [3.63, 3.8) is 0 Å². The molecule has 1 saturated heterocycles. The van der Waals surface area contributed by atoms with Crippen molar-refractivity contribution in [2.24, 2.45) is 5.73 Å². The Hall–Kier alpha value is -1.55. The van der Waals surface area contributed by atoms with Crippen LogP contribution in [0.4, 0.5) is 10.5 Å². The highest BCUT2D eigenvalue weighted by Gasteiger charge is 2.23. The summed E-state index contributed by atoms with van der Waals surface area (Å²) in [5.41, 5.74) is 7.62. The molecule has 2 N–H and O–H groups in total. The number of hydrogen-bond donors (Lipinski definition) is 1. The van der Waals surface area contributed by atoms with Crippen LogP contribution in [0.3, 0.4) is 0 Å². The van der Waals surface area contributed by atoms with Crippen molar-refractivity contribution in [2.45, 2.75) is 26.3 Å². The molecule has 1 heterocycles. The van der Waals surface area contributed by atoms with Gasteiger partial charge in [-0.2, -0.15) is 0 Å². The second-order valence-electron chi connectivity index (χ2n) is 4.59. The van der Waals surface area contributed by atoms with Gasteiger partial charge in [0.15, 0.2) is 0 Å². The van der Waals surface area contributed by atoms with Gasteiger partial charge in [0.1, 0.15) is 0 Å². The molecule has 1 aromatic rings. The molecule has 4 nitrogen and oxygen atoms in total. The number of nitrogens with zero attached hydrogens (tertiary/aromatic N) is 2. The minimum absolute atomic E-state index is 0.121. The molecule has 98 valence electrons. The first kappa shape index (κ1) is 12.9. The molecule has 0 aromatic heterocycles. The molecule has 1 fully saturated rings. The lowest BCUT2D eigenvalue weighted by Crippen LogP contribution is -2.41. The summed E-state index contributed by atoms with van der Waals surface area (Å²) in [4.78, 5) is 16.1. The normalized spacial score (nSPS) is 14.9. The van der Waals surface area contributed by atoms with E-state index in [4.69, 9.17) is 5.73 Å². The van der Waals surface area contributed by atoms with E-state index in [9.17, 15) is 4.79 Å². The molecule has 0 aliphatic carbocycles. The highest BCUT2D eigenvalue weighted by atomic mass is 16.2. The number of amides is 2. The van der Waals surface area contributed by atoms with Crippen LogP contribution in [0, 0.1) is 0 Å². The van der Waals surface area contributed by atoms with E-state index >= 15 is 0 Å². The summed E-state index contributed by atoms with van der Waals surface area (Å²) in [5.74, 6) is 0. The number of urea groups is 1. The summed E-state index contributed by atoms with van der Waals surface area (Å²) in [7, 11) is 0. The topological polar surface area (TPSA) is 49.6 Å². The minimum atomic E-state index is 0.121. The van der Waals surface area contributed by atoms with Gasteiger partial charge in [-0.25, -0.2) is 4.79 Å². The quantitative estimate of drug-likeness (QED) is 0.890. The van der Waals surface area contributed by atoms with E-state index in [0.717, 1.165) is 37.2 Å². The van der Waals surface area contributed by atoms with Crippen LogP contribution in [0.15, 0.2) is 24.3 Å². The van der Waals surface area contributed by atoms with Gasteiger partial charge in [0, 0.05) is 31.9 Å². The number of likely N-dealkylation sites (tertiary alicyclic amines) is 1. The monoisotopic (exact) mass is 247 g/mol. The molecule has 1 aliphatic heterocycles. The molecule has 0 spiro atoms. The van der Waals surface area contributed by atoms with E-state index in [1.807, 2.05) is 41.0 Å². The molecule has 4 heteroatoms. The average Bonchev–Trinajstić information content (AvgIpc) is 2.94. The third-order valence-electron chi connectivity index (χ3n) is 3.41. The van der Waals surface area contributed by atoms with Crippen LogP contribution in [0.25, 0.3) is 0 Å². The van der Waals surface area contributed by atoms with Crippen LogP contribution in [0.2, 0.25) is 0 Å². The van der Waals surface area contributed by atoms with Crippen molar-refractivity contribution in [1.82, 2.24) is 4.90 Å². The SMILES string of the molecule is CCN(C(=O)N1CCCC1)c1ccc(CN)cc1. The van der Waals surface area contributed by atoms with Crippen LogP contribution in [0.1, 0.15) is 25.3 Å². The molecule has 0 unspecified atom stereocenters. The summed E-state index contributed by atoms with van der Waals surface area (Å²) in [6, 6.07) is 8.03. The largest absolute Gasteiger partial charge is 0.326 e. The van der Waals surface area contributed by atoms with Crippen LogP contribution in [0.5, 0.6) is 0 Å². The molecule has 1 aromatic carbocycles. The summed E-state index contributed by atoms with van der Waals surface area (Å²) >= 11 is 0. The predicted octanol–water partition coefficient (Wildman–Crippen LogP) is 2.19. The standard InChI is InChI=1S/C14H21N3O/c1-2-17(14(18)16-9-3-4-10-16)13-7-5-12(11-15)6-8-13/h5-8H,2-4,9-11,15H2,1H3. The molecule has 18 heavy (non-hydrogen) atoms. The fourth-order valence-electron chi connectivity index (χ4n) is 2.32. The number of rotatable bonds is 3. The molecule has 0 atom stereocenters. The molecule has 2 rings (SSSR count). The lowest BCUT2D eigenvalue weighted by Gasteiger charge is -2.27. The molecular formula is C14H21N3O. The zero-order valence-electron chi connectivity index (χ0n) is 10.9. The maximum Gasteiger partial charge on any atom is 0.324 e. The second-order valence-corrected chi connectivity index (χ2v) is 4.59. The van der Waals surface area contributed by atoms with Gasteiger partial charge in [-0.3, -0.25) is 4.90 Å². The Bertz CT molecular complexity index is 396. The predicted molar refractivity (Wildman–Crippen MR) is 73.6 cm³/mol. The molecule has 0 saturated carbocycles. The number of anilines is 1. The highest BCUT2D eigenvalue weighted by molar-refractivity contribution is 5.92. The van der Waals surface area contributed by atoms with Crippen molar-refractivity contribution in [3.8, 4) is 0 Å². The van der Waals surface area contributed by atoms with E-state index < -0.39 is 0 Å². The highest BCUT2D eigenvalue weighted by Crippen LogP contribution is 2.19. The Morgan fingerprint density at radius 2 is 1.89 bits per heavy atom. The molecule has 0 radical (unpaired) electrons. The van der Waals surface area contributed by atoms with Gasteiger partial charge in [-0.1, -0.05) is 12.1 Å². The van der Waals surface area contributed by atoms with E-state index in [1.54, 1.807) is 0 Å². The van der Waals surface area contributed by atoms with Crippen LogP contribution in [-0.2, 0) is 6.54 Å². The van der Waals surface area contributed by atoms with Gasteiger partial charge in [-0.15, -0.1) is 0 Å². The zero-order valence-corrected chi connectivity index (χ0v) is 10.9. The van der Waals surface area contributed by atoms with Gasteiger partial charge in [0.25, 0.3) is 0 Å². The third kappa shape index (κ3) is 2.64. The van der Waals surface area contributed by atoms with Gasteiger partial charge in [0.2, 0.25) is 0 Å². The third-order valence-corrected chi connectivity index (χ3v) is 3.41. The fourth-order valence-corrected chi connectivity index (χ4v) is 2.32. The molecular weight excluding hydrogens is 226 g/mol. The Labute approximate surface area is 108 Å². The summed E-state index contributed by atoms with van der Waals surface area (Å²) < 4.78 is 0. The van der Waals surface area contributed by atoms with Crippen LogP contribution >= 0.6 is 0 Å². The number of benzene rings is 1. The first-order chi connectivity index (χ1) is 8.76. The van der Waals surface area contributed by atoms with Gasteiger partial charge in [-0.05, 0) is 37.5 Å². The Morgan fingerprint density at radius 1 is 1.28 bits per heavy atom. The van der Waals surface area contributed by atoms with Crippen molar-refractivity contribution < 1.29 is 4.79 Å². The Morgan fingerprint density at radius 3 is 2.39 bits per heavy atom. The smallest absolute Gasteiger partial charge is 0.324 e. The molecule has 0 bridgehead atoms. The number of nitrogens with two attached hydrogens (primary N) is 1. The lowest BCUT2D eigenvalue weighted by molar-refractivity contribution is 0.216. The van der Waals surface area contributed by atoms with Crippen molar-refractivity contribution in [1.29, 1.82) is 0 Å². The van der Waals surface area contributed by atoms with E-state index in [1.165, 1.54) is 0 Å². The molecule has 2 amide bonds. The average molecular weight is 247 g/mol. The van der Waals surface area contributed by atoms with Crippen LogP contribution < -0.4 is 10.6 Å². The number of carbonyl (C=O) groups is 1. The number of carbonyl (C=O) groups excluding carboxylic acids is 1. The van der Waals surface area contributed by atoms with Crippen molar-refractivity contribution in [3.05, 3.63) is 29.8 Å². The van der Waals surface area contributed by atoms with Crippen LogP contribution in [-0.4, -0.2) is 30.6 Å². The molecule has 1 aliphatic rings. The maximum absolute atomic E-state index is 12.4. The van der Waals surface area contributed by atoms with Crippen molar-refractivity contribution >= 4 is 11.7 Å². The first-order valence-electron chi connectivity index (χ1n) is 6.61.